The smallest absolute Gasteiger partial charge is 0.254 e. The maximum atomic E-state index is 12.7. The molecule has 6 heteroatoms. The van der Waals surface area contributed by atoms with Gasteiger partial charge in [-0.1, -0.05) is 23.7 Å². The van der Waals surface area contributed by atoms with Crippen LogP contribution in [0.1, 0.15) is 23.2 Å². The van der Waals surface area contributed by atoms with Crippen LogP contribution in [0, 0.1) is 0 Å². The van der Waals surface area contributed by atoms with Crippen molar-refractivity contribution in [2.24, 2.45) is 5.73 Å². The zero-order chi connectivity index (χ0) is 18.0. The number of methoxy groups -OCH3 is 1. The number of hydrogen-bond donors (Lipinski definition) is 1. The second-order valence-corrected chi connectivity index (χ2v) is 6.42. The zero-order valence-electron chi connectivity index (χ0n) is 13.9. The molecule has 2 N–H and O–H groups in total. The predicted molar refractivity (Wildman–Crippen MR) is 96.7 cm³/mol. The van der Waals surface area contributed by atoms with Gasteiger partial charge in [-0.05, 0) is 48.7 Å². The first kappa shape index (κ1) is 17.3. The van der Waals surface area contributed by atoms with Gasteiger partial charge in [0.2, 0.25) is 5.91 Å². The van der Waals surface area contributed by atoms with E-state index in [1.54, 1.807) is 36.3 Å². The van der Waals surface area contributed by atoms with Crippen molar-refractivity contribution in [3.05, 3.63) is 53.1 Å². The van der Waals surface area contributed by atoms with E-state index in [0.717, 1.165) is 17.5 Å². The van der Waals surface area contributed by atoms with Gasteiger partial charge < -0.3 is 15.4 Å². The molecule has 2 aromatic carbocycles. The molecule has 0 aliphatic carbocycles. The molecule has 1 aliphatic heterocycles. The lowest BCUT2D eigenvalue weighted by atomic mass is 10.0. The van der Waals surface area contributed by atoms with Gasteiger partial charge in [0.1, 0.15) is 11.8 Å². The average Bonchev–Trinajstić information content (AvgIpc) is 3.11. The van der Waals surface area contributed by atoms with E-state index in [2.05, 4.69) is 0 Å². The number of hydrogen-bond acceptors (Lipinski definition) is 3. The Balaban J connectivity index is 1.87. The van der Waals surface area contributed by atoms with Crippen LogP contribution in [0.3, 0.4) is 0 Å². The number of ether oxygens (including phenoxy) is 1. The molecule has 0 radical (unpaired) electrons. The lowest BCUT2D eigenvalue weighted by molar-refractivity contribution is -0.121. The normalized spacial score (nSPS) is 16.7. The molecular formula is C19H19ClN2O3. The van der Waals surface area contributed by atoms with Crippen molar-refractivity contribution in [2.45, 2.75) is 18.9 Å². The molecule has 0 spiro atoms. The van der Waals surface area contributed by atoms with Crippen LogP contribution in [0.25, 0.3) is 11.1 Å². The highest BCUT2D eigenvalue weighted by Crippen LogP contribution is 2.32. The Bertz CT molecular complexity index is 805. The molecular weight excluding hydrogens is 340 g/mol. The number of amides is 2. The van der Waals surface area contributed by atoms with Gasteiger partial charge in [-0.2, -0.15) is 0 Å². The SMILES string of the molecule is COc1ccc(Cl)cc1-c1ccc(C(=O)N2CCC[C@H]2C(N)=O)cc1. The van der Waals surface area contributed by atoms with E-state index in [4.69, 9.17) is 22.1 Å². The molecule has 5 nitrogen and oxygen atoms in total. The van der Waals surface area contributed by atoms with Gasteiger partial charge >= 0.3 is 0 Å². The van der Waals surface area contributed by atoms with Crippen molar-refractivity contribution >= 4 is 23.4 Å². The topological polar surface area (TPSA) is 72.6 Å². The summed E-state index contributed by atoms with van der Waals surface area (Å²) in [5.41, 5.74) is 7.66. The van der Waals surface area contributed by atoms with Crippen LogP contribution in [-0.4, -0.2) is 36.4 Å². The molecule has 1 heterocycles. The minimum Gasteiger partial charge on any atom is -0.496 e. The van der Waals surface area contributed by atoms with Gasteiger partial charge in [0.15, 0.2) is 0 Å². The van der Waals surface area contributed by atoms with E-state index in [9.17, 15) is 9.59 Å². The second kappa shape index (κ2) is 7.15. The van der Waals surface area contributed by atoms with E-state index in [1.807, 2.05) is 18.2 Å². The third-order valence-electron chi connectivity index (χ3n) is 4.45. The number of rotatable bonds is 4. The average molecular weight is 359 g/mol. The van der Waals surface area contributed by atoms with E-state index in [0.29, 0.717) is 29.3 Å². The quantitative estimate of drug-likeness (QED) is 0.912. The fourth-order valence-electron chi connectivity index (χ4n) is 3.17. The summed E-state index contributed by atoms with van der Waals surface area (Å²) in [7, 11) is 1.60. The molecule has 0 saturated carbocycles. The first-order valence-electron chi connectivity index (χ1n) is 8.05. The number of carbonyl (C=O) groups is 2. The molecule has 2 aromatic rings. The van der Waals surface area contributed by atoms with Crippen LogP contribution < -0.4 is 10.5 Å². The van der Waals surface area contributed by atoms with Crippen LogP contribution in [0.4, 0.5) is 0 Å². The van der Waals surface area contributed by atoms with Crippen molar-refractivity contribution < 1.29 is 14.3 Å². The molecule has 0 aromatic heterocycles. The predicted octanol–water partition coefficient (Wildman–Crippen LogP) is 3.11. The number of nitrogens with two attached hydrogens (primary N) is 1. The van der Waals surface area contributed by atoms with Gasteiger partial charge in [-0.25, -0.2) is 0 Å². The Morgan fingerprint density at radius 3 is 2.56 bits per heavy atom. The molecule has 3 rings (SSSR count). The summed E-state index contributed by atoms with van der Waals surface area (Å²) in [6.07, 6.45) is 1.41. The zero-order valence-corrected chi connectivity index (χ0v) is 14.6. The molecule has 1 saturated heterocycles. The van der Waals surface area contributed by atoms with Crippen molar-refractivity contribution in [2.75, 3.05) is 13.7 Å². The van der Waals surface area contributed by atoms with Gasteiger partial charge in [0.05, 0.1) is 7.11 Å². The molecule has 0 bridgehead atoms. The number of primary amides is 1. The minimum atomic E-state index is -0.514. The minimum absolute atomic E-state index is 0.175. The first-order chi connectivity index (χ1) is 12.0. The number of halogens is 1. The number of carbonyl (C=O) groups excluding carboxylic acids is 2. The molecule has 130 valence electrons. The van der Waals surface area contributed by atoms with Crippen LogP contribution in [0.5, 0.6) is 5.75 Å². The van der Waals surface area contributed by atoms with Gasteiger partial charge in [-0.15, -0.1) is 0 Å². The maximum Gasteiger partial charge on any atom is 0.254 e. The van der Waals surface area contributed by atoms with E-state index >= 15 is 0 Å². The molecule has 1 aliphatic rings. The molecule has 2 amide bonds. The van der Waals surface area contributed by atoms with Crippen molar-refractivity contribution in [1.29, 1.82) is 0 Å². The summed E-state index contributed by atoms with van der Waals surface area (Å²) in [6, 6.07) is 12.1. The highest BCUT2D eigenvalue weighted by Gasteiger charge is 2.33. The maximum absolute atomic E-state index is 12.7. The van der Waals surface area contributed by atoms with Gasteiger partial charge in [0.25, 0.3) is 5.91 Å². The summed E-state index contributed by atoms with van der Waals surface area (Å²) in [5, 5.41) is 0.609. The Hall–Kier alpha value is -2.53. The standard InChI is InChI=1S/C19H19ClN2O3/c1-25-17-9-8-14(20)11-15(17)12-4-6-13(7-5-12)19(24)22-10-2-3-16(22)18(21)23/h4-9,11,16H,2-3,10H2,1H3,(H2,21,23)/t16-/m0/s1. The Morgan fingerprint density at radius 1 is 1.20 bits per heavy atom. The van der Waals surface area contributed by atoms with Crippen molar-refractivity contribution in [3.63, 3.8) is 0 Å². The highest BCUT2D eigenvalue weighted by molar-refractivity contribution is 6.31. The Kier molecular flexibility index (Phi) is 4.95. The fourth-order valence-corrected chi connectivity index (χ4v) is 3.34. The molecule has 1 atom stereocenters. The Labute approximate surface area is 151 Å². The summed E-state index contributed by atoms with van der Waals surface area (Å²) in [6.45, 7) is 0.552. The van der Waals surface area contributed by atoms with E-state index < -0.39 is 11.9 Å². The second-order valence-electron chi connectivity index (χ2n) is 5.98. The third kappa shape index (κ3) is 3.46. The largest absolute Gasteiger partial charge is 0.496 e. The van der Waals surface area contributed by atoms with E-state index in [-0.39, 0.29) is 5.91 Å². The van der Waals surface area contributed by atoms with Gasteiger partial charge in [0, 0.05) is 22.7 Å². The summed E-state index contributed by atoms with van der Waals surface area (Å²) in [5.74, 6) is 0.0776. The van der Waals surface area contributed by atoms with Crippen LogP contribution >= 0.6 is 11.6 Å². The summed E-state index contributed by atoms with van der Waals surface area (Å²) < 4.78 is 5.37. The molecule has 1 fully saturated rings. The van der Waals surface area contributed by atoms with Crippen LogP contribution in [0.2, 0.25) is 5.02 Å². The number of nitrogens with zero attached hydrogens (tertiary/aromatic N) is 1. The Morgan fingerprint density at radius 2 is 1.92 bits per heavy atom. The van der Waals surface area contributed by atoms with E-state index in [1.165, 1.54) is 0 Å². The number of likely N-dealkylation sites (tertiary alicyclic amines) is 1. The molecule has 25 heavy (non-hydrogen) atoms. The molecule has 0 unspecified atom stereocenters. The van der Waals surface area contributed by atoms with Gasteiger partial charge in [-0.3, -0.25) is 9.59 Å². The third-order valence-corrected chi connectivity index (χ3v) is 4.68. The monoisotopic (exact) mass is 358 g/mol. The number of benzene rings is 2. The first-order valence-corrected chi connectivity index (χ1v) is 8.43. The summed E-state index contributed by atoms with van der Waals surface area (Å²) in [4.78, 5) is 25.7. The lowest BCUT2D eigenvalue weighted by Crippen LogP contribution is -2.43. The van der Waals surface area contributed by atoms with Crippen LogP contribution in [0.15, 0.2) is 42.5 Å². The van der Waals surface area contributed by atoms with Crippen molar-refractivity contribution in [3.8, 4) is 16.9 Å². The van der Waals surface area contributed by atoms with Crippen molar-refractivity contribution in [1.82, 2.24) is 4.90 Å². The lowest BCUT2D eigenvalue weighted by Gasteiger charge is -2.22. The highest BCUT2D eigenvalue weighted by atomic mass is 35.5. The summed E-state index contributed by atoms with van der Waals surface area (Å²) >= 11 is 6.08. The fraction of sp³-hybridized carbons (Fsp3) is 0.263. The van der Waals surface area contributed by atoms with Crippen LogP contribution in [-0.2, 0) is 4.79 Å².